The molecule has 0 aromatic heterocycles. The van der Waals surface area contributed by atoms with Crippen molar-refractivity contribution in [1.82, 2.24) is 0 Å². The van der Waals surface area contributed by atoms with E-state index in [2.05, 4.69) is 26.8 Å². The van der Waals surface area contributed by atoms with Gasteiger partial charge in [0.1, 0.15) is 12.4 Å². The zero-order valence-corrected chi connectivity index (χ0v) is 16.7. The largest absolute Gasteiger partial charge is 0.489 e. The predicted octanol–water partition coefficient (Wildman–Crippen LogP) is 6.46. The Hall–Kier alpha value is -1.22. The summed E-state index contributed by atoms with van der Waals surface area (Å²) in [6, 6.07) is 7.63. The third-order valence-corrected chi connectivity index (χ3v) is 5.97. The number of hydrogen-bond donors (Lipinski definition) is 0. The van der Waals surface area contributed by atoms with E-state index in [1.54, 1.807) is 7.11 Å². The van der Waals surface area contributed by atoms with Gasteiger partial charge in [-0.2, -0.15) is 0 Å². The summed E-state index contributed by atoms with van der Waals surface area (Å²) >= 11 is 12.5. The highest BCUT2D eigenvalue weighted by Gasteiger charge is 2.30. The summed E-state index contributed by atoms with van der Waals surface area (Å²) < 4.78 is 12.0. The molecule has 0 bridgehead atoms. The molecule has 0 heterocycles. The van der Waals surface area contributed by atoms with Crippen LogP contribution in [-0.4, -0.2) is 7.11 Å². The van der Waals surface area contributed by atoms with Crippen LogP contribution >= 0.6 is 23.2 Å². The number of ether oxygens (including phenoxy) is 2. The van der Waals surface area contributed by atoms with Crippen LogP contribution in [0.1, 0.15) is 47.3 Å². The van der Waals surface area contributed by atoms with Crippen molar-refractivity contribution in [3.63, 3.8) is 0 Å². The molecular formula is C21H24Cl2O2. The van der Waals surface area contributed by atoms with Crippen LogP contribution in [0.15, 0.2) is 24.3 Å². The van der Waals surface area contributed by atoms with Crippen molar-refractivity contribution in [2.75, 3.05) is 7.11 Å². The first-order chi connectivity index (χ1) is 11.9. The lowest BCUT2D eigenvalue weighted by Gasteiger charge is -2.33. The van der Waals surface area contributed by atoms with Crippen LogP contribution in [0.3, 0.4) is 0 Å². The van der Waals surface area contributed by atoms with Crippen LogP contribution in [0.5, 0.6) is 5.75 Å². The third-order valence-electron chi connectivity index (χ3n) is 5.26. The molecule has 3 rings (SSSR count). The lowest BCUT2D eigenvalue weighted by atomic mass is 9.78. The van der Waals surface area contributed by atoms with Gasteiger partial charge in [-0.25, -0.2) is 0 Å². The Morgan fingerprint density at radius 2 is 1.84 bits per heavy atom. The van der Waals surface area contributed by atoms with Crippen molar-refractivity contribution in [1.29, 1.82) is 0 Å². The number of hydrogen-bond acceptors (Lipinski definition) is 2. The fourth-order valence-corrected chi connectivity index (χ4v) is 4.32. The Labute approximate surface area is 160 Å². The van der Waals surface area contributed by atoms with Gasteiger partial charge in [0.15, 0.2) is 0 Å². The second-order valence-electron chi connectivity index (χ2n) is 6.87. The molecule has 134 valence electrons. The minimum atomic E-state index is 0.120. The highest BCUT2D eigenvalue weighted by Crippen LogP contribution is 2.43. The maximum Gasteiger partial charge on any atom is 0.123 e. The van der Waals surface area contributed by atoms with Gasteiger partial charge in [-0.05, 0) is 73.1 Å². The molecule has 2 nitrogen and oxygen atoms in total. The summed E-state index contributed by atoms with van der Waals surface area (Å²) in [4.78, 5) is 0. The van der Waals surface area contributed by atoms with E-state index >= 15 is 0 Å². The number of aryl methyl sites for hydroxylation is 1. The predicted molar refractivity (Wildman–Crippen MR) is 104 cm³/mol. The van der Waals surface area contributed by atoms with Crippen molar-refractivity contribution in [2.45, 2.75) is 46.3 Å². The van der Waals surface area contributed by atoms with E-state index in [0.717, 1.165) is 29.7 Å². The summed E-state index contributed by atoms with van der Waals surface area (Å²) in [6.45, 7) is 6.87. The number of methoxy groups -OCH3 is 1. The SMILES string of the molecule is CO[C@H]1c2c(C)c(OCc3c(Cl)cccc3Cl)cc(C)c2CC[C@H]1C. The lowest BCUT2D eigenvalue weighted by Crippen LogP contribution is -2.22. The second-order valence-corrected chi connectivity index (χ2v) is 7.68. The van der Waals surface area contributed by atoms with Gasteiger partial charge in [0.05, 0.1) is 6.10 Å². The summed E-state index contributed by atoms with van der Waals surface area (Å²) in [5.41, 5.74) is 5.93. The minimum absolute atomic E-state index is 0.120. The van der Waals surface area contributed by atoms with Gasteiger partial charge in [0, 0.05) is 22.7 Å². The van der Waals surface area contributed by atoms with Crippen LogP contribution in [0.2, 0.25) is 10.0 Å². The Morgan fingerprint density at radius 1 is 1.16 bits per heavy atom. The summed E-state index contributed by atoms with van der Waals surface area (Å²) in [5.74, 6) is 1.38. The Kier molecular flexibility index (Phi) is 5.62. The van der Waals surface area contributed by atoms with Gasteiger partial charge in [0.2, 0.25) is 0 Å². The van der Waals surface area contributed by atoms with E-state index < -0.39 is 0 Å². The lowest BCUT2D eigenvalue weighted by molar-refractivity contribution is 0.0470. The van der Waals surface area contributed by atoms with Gasteiger partial charge < -0.3 is 9.47 Å². The quantitative estimate of drug-likeness (QED) is 0.607. The molecule has 0 unspecified atom stereocenters. The number of fused-ring (bicyclic) bond motifs is 1. The van der Waals surface area contributed by atoms with E-state index in [0.29, 0.717) is 22.6 Å². The van der Waals surface area contributed by atoms with Crippen molar-refractivity contribution in [2.24, 2.45) is 5.92 Å². The second kappa shape index (κ2) is 7.57. The molecule has 0 amide bonds. The average Bonchev–Trinajstić information content (AvgIpc) is 2.58. The van der Waals surface area contributed by atoms with Crippen LogP contribution in [0, 0.1) is 19.8 Å². The fourth-order valence-electron chi connectivity index (χ4n) is 3.81. The molecule has 1 aliphatic rings. The first-order valence-electron chi connectivity index (χ1n) is 8.65. The summed E-state index contributed by atoms with van der Waals surface area (Å²) in [5, 5.41) is 1.26. The summed E-state index contributed by atoms with van der Waals surface area (Å²) in [7, 11) is 1.79. The number of rotatable bonds is 4. The fraction of sp³-hybridized carbons (Fsp3) is 0.429. The molecule has 2 atom stereocenters. The maximum atomic E-state index is 6.26. The minimum Gasteiger partial charge on any atom is -0.489 e. The molecule has 0 saturated carbocycles. The number of halogens is 2. The molecule has 1 aliphatic carbocycles. The van der Waals surface area contributed by atoms with Crippen LogP contribution in [0.4, 0.5) is 0 Å². The Bertz CT molecular complexity index is 766. The molecular weight excluding hydrogens is 355 g/mol. The highest BCUT2D eigenvalue weighted by molar-refractivity contribution is 6.35. The van der Waals surface area contributed by atoms with Gasteiger partial charge in [-0.15, -0.1) is 0 Å². The first-order valence-corrected chi connectivity index (χ1v) is 9.41. The van der Waals surface area contributed by atoms with E-state index in [1.165, 1.54) is 16.7 Å². The van der Waals surface area contributed by atoms with Crippen molar-refractivity contribution < 1.29 is 9.47 Å². The van der Waals surface area contributed by atoms with E-state index in [-0.39, 0.29) is 6.10 Å². The van der Waals surface area contributed by atoms with E-state index in [9.17, 15) is 0 Å². The zero-order valence-electron chi connectivity index (χ0n) is 15.2. The average molecular weight is 379 g/mol. The topological polar surface area (TPSA) is 18.5 Å². The highest BCUT2D eigenvalue weighted by atomic mass is 35.5. The van der Waals surface area contributed by atoms with Gasteiger partial charge in [0.25, 0.3) is 0 Å². The van der Waals surface area contributed by atoms with Crippen LogP contribution in [0.25, 0.3) is 0 Å². The molecule has 0 saturated heterocycles. The van der Waals surface area contributed by atoms with Crippen LogP contribution < -0.4 is 4.74 Å². The number of benzene rings is 2. The smallest absolute Gasteiger partial charge is 0.123 e. The van der Waals surface area contributed by atoms with E-state index in [4.69, 9.17) is 32.7 Å². The molecule has 4 heteroatoms. The molecule has 0 spiro atoms. The van der Waals surface area contributed by atoms with Crippen molar-refractivity contribution in [3.8, 4) is 5.75 Å². The molecule has 0 N–H and O–H groups in total. The molecule has 0 fully saturated rings. The molecule has 2 aromatic rings. The summed E-state index contributed by atoms with van der Waals surface area (Å²) in [6.07, 6.45) is 2.37. The van der Waals surface area contributed by atoms with Crippen molar-refractivity contribution in [3.05, 3.63) is 62.1 Å². The molecule has 2 aromatic carbocycles. The third kappa shape index (κ3) is 3.53. The normalized spacial score (nSPS) is 19.6. The standard InChI is InChI=1S/C21H24Cl2O2/c1-12-8-9-15-13(2)10-19(14(3)20(15)21(12)24-4)25-11-16-17(22)6-5-7-18(16)23/h5-7,10,12,21H,8-9,11H2,1-4H3/t12-,21-/m1/s1. The van der Waals surface area contributed by atoms with Gasteiger partial charge in [-0.1, -0.05) is 36.2 Å². The van der Waals surface area contributed by atoms with Gasteiger partial charge in [-0.3, -0.25) is 0 Å². The molecule has 0 aliphatic heterocycles. The van der Waals surface area contributed by atoms with Gasteiger partial charge >= 0.3 is 0 Å². The van der Waals surface area contributed by atoms with E-state index in [1.807, 2.05) is 18.2 Å². The molecule has 0 radical (unpaired) electrons. The maximum absolute atomic E-state index is 6.26. The Morgan fingerprint density at radius 3 is 2.48 bits per heavy atom. The first kappa shape index (κ1) is 18.6. The Balaban J connectivity index is 1.96. The molecule has 25 heavy (non-hydrogen) atoms. The zero-order chi connectivity index (χ0) is 18.1. The van der Waals surface area contributed by atoms with Crippen molar-refractivity contribution >= 4 is 23.2 Å². The monoisotopic (exact) mass is 378 g/mol. The van der Waals surface area contributed by atoms with Crippen LogP contribution in [-0.2, 0) is 17.8 Å².